The van der Waals surface area contributed by atoms with Crippen LogP contribution in [0.3, 0.4) is 0 Å². The molecule has 1 unspecified atom stereocenters. The van der Waals surface area contributed by atoms with Crippen molar-refractivity contribution in [3.8, 4) is 0 Å². The van der Waals surface area contributed by atoms with Gasteiger partial charge >= 0.3 is 0 Å². The average molecular weight is 296 g/mol. The number of alkyl halides is 1. The lowest BCUT2D eigenvalue weighted by molar-refractivity contribution is 0.154. The van der Waals surface area contributed by atoms with Crippen LogP contribution in [0.1, 0.15) is 40.5 Å². The van der Waals surface area contributed by atoms with Gasteiger partial charge in [0.2, 0.25) is 10.0 Å². The highest BCUT2D eigenvalue weighted by Crippen LogP contribution is 2.35. The number of halogens is 1. The number of hydrogen-bond donors (Lipinski definition) is 0. The van der Waals surface area contributed by atoms with E-state index in [0.717, 1.165) is 12.8 Å². The van der Waals surface area contributed by atoms with Crippen LogP contribution in [-0.2, 0) is 10.0 Å². The Morgan fingerprint density at radius 2 is 1.78 bits per heavy atom. The van der Waals surface area contributed by atoms with Gasteiger partial charge in [0.05, 0.1) is 5.75 Å². The molecule has 0 aromatic rings. The van der Waals surface area contributed by atoms with Gasteiger partial charge in [-0.15, -0.1) is 11.6 Å². The number of nitrogens with zero attached hydrogens (tertiary/aromatic N) is 1. The molecule has 108 valence electrons. The second-order valence-electron chi connectivity index (χ2n) is 6.58. The Morgan fingerprint density at radius 1 is 1.28 bits per heavy atom. The van der Waals surface area contributed by atoms with E-state index in [1.54, 1.807) is 4.31 Å². The summed E-state index contributed by atoms with van der Waals surface area (Å²) in [5.41, 5.74) is 0.277. The molecule has 1 heterocycles. The summed E-state index contributed by atoms with van der Waals surface area (Å²) in [7, 11) is -3.11. The van der Waals surface area contributed by atoms with Gasteiger partial charge in [0.15, 0.2) is 0 Å². The van der Waals surface area contributed by atoms with Crippen LogP contribution < -0.4 is 0 Å². The Kier molecular flexibility index (Phi) is 5.51. The summed E-state index contributed by atoms with van der Waals surface area (Å²) in [5.74, 6) is 1.22. The first-order valence-electron chi connectivity index (χ1n) is 6.70. The fraction of sp³-hybridized carbons (Fsp3) is 1.00. The van der Waals surface area contributed by atoms with Crippen LogP contribution in [-0.4, -0.2) is 37.4 Å². The molecule has 1 aliphatic rings. The molecule has 0 N–H and O–H groups in total. The average Bonchev–Trinajstić information content (AvgIpc) is 2.27. The van der Waals surface area contributed by atoms with E-state index in [4.69, 9.17) is 11.6 Å². The summed E-state index contributed by atoms with van der Waals surface area (Å²) in [5, 5.41) is 0. The van der Waals surface area contributed by atoms with Crippen molar-refractivity contribution >= 4 is 21.6 Å². The number of rotatable bonds is 4. The molecule has 0 bridgehead atoms. The highest BCUT2D eigenvalue weighted by molar-refractivity contribution is 7.89. The monoisotopic (exact) mass is 295 g/mol. The molecule has 0 radical (unpaired) electrons. The highest BCUT2D eigenvalue weighted by Gasteiger charge is 2.33. The van der Waals surface area contributed by atoms with Gasteiger partial charge in [-0.05, 0) is 30.1 Å². The SMILES string of the molecule is CC(CCl)CS(=O)(=O)N1CCC(C(C)(C)C)CC1. The highest BCUT2D eigenvalue weighted by atomic mass is 35.5. The smallest absolute Gasteiger partial charge is 0.212 e. The topological polar surface area (TPSA) is 37.4 Å². The Balaban J connectivity index is 2.57. The molecule has 1 fully saturated rings. The van der Waals surface area contributed by atoms with E-state index in [-0.39, 0.29) is 17.1 Å². The van der Waals surface area contributed by atoms with E-state index in [1.807, 2.05) is 6.92 Å². The molecular formula is C13H26ClNO2S. The predicted molar refractivity (Wildman–Crippen MR) is 77.4 cm³/mol. The van der Waals surface area contributed by atoms with Crippen molar-refractivity contribution in [1.29, 1.82) is 0 Å². The molecule has 1 rings (SSSR count). The molecule has 1 saturated heterocycles. The molecule has 0 aliphatic carbocycles. The largest absolute Gasteiger partial charge is 0.214 e. The van der Waals surface area contributed by atoms with Gasteiger partial charge in [-0.3, -0.25) is 0 Å². The number of sulfonamides is 1. The molecule has 0 amide bonds. The third kappa shape index (κ3) is 4.39. The minimum Gasteiger partial charge on any atom is -0.212 e. The molecule has 0 spiro atoms. The van der Waals surface area contributed by atoms with Crippen LogP contribution in [0.25, 0.3) is 0 Å². The first-order chi connectivity index (χ1) is 8.16. The van der Waals surface area contributed by atoms with Crippen LogP contribution in [0.2, 0.25) is 0 Å². The molecule has 3 nitrogen and oxygen atoms in total. The Morgan fingerprint density at radius 3 is 2.17 bits per heavy atom. The first kappa shape index (κ1) is 16.3. The normalized spacial score (nSPS) is 22.1. The lowest BCUT2D eigenvalue weighted by atomic mass is 9.76. The van der Waals surface area contributed by atoms with Gasteiger partial charge in [0, 0.05) is 19.0 Å². The van der Waals surface area contributed by atoms with Crippen LogP contribution in [0, 0.1) is 17.3 Å². The molecule has 0 aromatic heterocycles. The van der Waals surface area contributed by atoms with Crippen molar-refractivity contribution < 1.29 is 8.42 Å². The van der Waals surface area contributed by atoms with E-state index in [0.29, 0.717) is 24.9 Å². The zero-order chi connectivity index (χ0) is 14.0. The van der Waals surface area contributed by atoms with Crippen LogP contribution in [0.15, 0.2) is 0 Å². The standard InChI is InChI=1S/C13H26ClNO2S/c1-11(9-14)10-18(16,17)15-7-5-12(6-8-15)13(2,3)4/h11-12H,5-10H2,1-4H3. The molecule has 1 atom stereocenters. The van der Waals surface area contributed by atoms with Gasteiger partial charge in [-0.25, -0.2) is 12.7 Å². The predicted octanol–water partition coefficient (Wildman–Crippen LogP) is 2.95. The zero-order valence-corrected chi connectivity index (χ0v) is 13.5. The third-order valence-corrected chi connectivity index (χ3v) is 6.50. The van der Waals surface area contributed by atoms with Crippen LogP contribution in [0.4, 0.5) is 0 Å². The molecule has 5 heteroatoms. The molecular weight excluding hydrogens is 270 g/mol. The maximum Gasteiger partial charge on any atom is 0.214 e. The maximum absolute atomic E-state index is 12.2. The fourth-order valence-corrected chi connectivity index (χ4v) is 4.56. The van der Waals surface area contributed by atoms with Gasteiger partial charge in [0.1, 0.15) is 0 Å². The minimum atomic E-state index is -3.11. The summed E-state index contributed by atoms with van der Waals surface area (Å²) < 4.78 is 26.0. The zero-order valence-electron chi connectivity index (χ0n) is 11.9. The van der Waals surface area contributed by atoms with E-state index in [1.165, 1.54) is 0 Å². The van der Waals surface area contributed by atoms with E-state index >= 15 is 0 Å². The lowest BCUT2D eigenvalue weighted by Gasteiger charge is -2.38. The van der Waals surface area contributed by atoms with Crippen molar-refractivity contribution in [2.24, 2.45) is 17.3 Å². The van der Waals surface area contributed by atoms with Crippen LogP contribution in [0.5, 0.6) is 0 Å². The summed E-state index contributed by atoms with van der Waals surface area (Å²) in [6.07, 6.45) is 1.94. The van der Waals surface area contributed by atoms with Gasteiger partial charge in [-0.2, -0.15) is 0 Å². The van der Waals surface area contributed by atoms with Crippen molar-refractivity contribution in [2.45, 2.75) is 40.5 Å². The summed E-state index contributed by atoms with van der Waals surface area (Å²) in [6.45, 7) is 9.91. The van der Waals surface area contributed by atoms with E-state index in [9.17, 15) is 8.42 Å². The Bertz CT molecular complexity index is 354. The number of piperidine rings is 1. The van der Waals surface area contributed by atoms with E-state index in [2.05, 4.69) is 20.8 Å². The fourth-order valence-electron chi connectivity index (χ4n) is 2.51. The number of hydrogen-bond acceptors (Lipinski definition) is 2. The summed E-state index contributed by atoms with van der Waals surface area (Å²) in [4.78, 5) is 0. The second kappa shape index (κ2) is 6.10. The van der Waals surface area contributed by atoms with Crippen molar-refractivity contribution in [3.63, 3.8) is 0 Å². The molecule has 18 heavy (non-hydrogen) atoms. The molecule has 1 aliphatic heterocycles. The molecule has 0 aromatic carbocycles. The van der Waals surface area contributed by atoms with Crippen molar-refractivity contribution in [1.82, 2.24) is 4.31 Å². The third-order valence-electron chi connectivity index (χ3n) is 3.83. The minimum absolute atomic E-state index is 0.0250. The second-order valence-corrected chi connectivity index (χ2v) is 8.90. The van der Waals surface area contributed by atoms with Gasteiger partial charge in [0.25, 0.3) is 0 Å². The van der Waals surface area contributed by atoms with Crippen molar-refractivity contribution in [2.75, 3.05) is 24.7 Å². The maximum atomic E-state index is 12.2. The molecule has 0 saturated carbocycles. The Labute approximate surface area is 117 Å². The Hall–Kier alpha value is 0.200. The lowest BCUT2D eigenvalue weighted by Crippen LogP contribution is -2.43. The van der Waals surface area contributed by atoms with Gasteiger partial charge in [-0.1, -0.05) is 27.7 Å². The van der Waals surface area contributed by atoms with Crippen LogP contribution >= 0.6 is 11.6 Å². The summed E-state index contributed by atoms with van der Waals surface area (Å²) >= 11 is 5.70. The van der Waals surface area contributed by atoms with Gasteiger partial charge < -0.3 is 0 Å². The summed E-state index contributed by atoms with van der Waals surface area (Å²) in [6, 6.07) is 0. The first-order valence-corrected chi connectivity index (χ1v) is 8.85. The van der Waals surface area contributed by atoms with E-state index < -0.39 is 10.0 Å². The quantitative estimate of drug-likeness (QED) is 0.748. The van der Waals surface area contributed by atoms with Crippen molar-refractivity contribution in [3.05, 3.63) is 0 Å².